The third-order valence-corrected chi connectivity index (χ3v) is 7.75. The van der Waals surface area contributed by atoms with E-state index in [9.17, 15) is 14.4 Å². The third-order valence-electron chi connectivity index (χ3n) is 5.65. The summed E-state index contributed by atoms with van der Waals surface area (Å²) in [5.41, 5.74) is 1.43. The van der Waals surface area contributed by atoms with Gasteiger partial charge in [0.15, 0.2) is 23.0 Å². The second-order valence-corrected chi connectivity index (χ2v) is 10.9. The number of imide groups is 1. The Morgan fingerprint density at radius 1 is 1.10 bits per heavy atom. The molecule has 1 fully saturated rings. The lowest BCUT2D eigenvalue weighted by Gasteiger charge is -2.14. The molecule has 0 aromatic heterocycles. The Bertz CT molecular complexity index is 1530. The van der Waals surface area contributed by atoms with E-state index in [0.29, 0.717) is 49.3 Å². The van der Waals surface area contributed by atoms with Gasteiger partial charge in [-0.2, -0.15) is 0 Å². The van der Waals surface area contributed by atoms with Gasteiger partial charge < -0.3 is 18.9 Å². The average Bonchev–Trinajstić information content (AvgIpc) is 3.45. The highest BCUT2D eigenvalue weighted by atomic mass is 79.9. The number of halogens is 3. The molecular weight excluding hydrogens is 633 g/mol. The molecule has 0 bridgehead atoms. The predicted octanol–water partition coefficient (Wildman–Crippen LogP) is 7.34. The fraction of sp³-hybridized carbons (Fsp3) is 0.148. The van der Waals surface area contributed by atoms with Crippen LogP contribution in [0.1, 0.15) is 28.4 Å². The number of nitrogens with zero attached hydrogens (tertiary/aromatic N) is 1. The van der Waals surface area contributed by atoms with E-state index in [2.05, 4.69) is 15.9 Å². The number of ether oxygens (including phenoxy) is 4. The number of benzene rings is 3. The van der Waals surface area contributed by atoms with Crippen LogP contribution in [0.25, 0.3) is 6.08 Å². The molecule has 0 spiro atoms. The molecule has 0 aliphatic carbocycles. The van der Waals surface area contributed by atoms with Gasteiger partial charge in [0, 0.05) is 16.1 Å². The summed E-state index contributed by atoms with van der Waals surface area (Å²) in [4.78, 5) is 39.9. The second-order valence-electron chi connectivity index (χ2n) is 8.22. The highest BCUT2D eigenvalue weighted by molar-refractivity contribution is 9.10. The van der Waals surface area contributed by atoms with Gasteiger partial charge in [0.1, 0.15) is 0 Å². The summed E-state index contributed by atoms with van der Waals surface area (Å²) in [6.07, 6.45) is 1.57. The van der Waals surface area contributed by atoms with Gasteiger partial charge in [-0.1, -0.05) is 23.2 Å². The lowest BCUT2D eigenvalue weighted by molar-refractivity contribution is -0.123. The van der Waals surface area contributed by atoms with Crippen LogP contribution in [0.4, 0.5) is 4.79 Å². The molecule has 2 heterocycles. The molecule has 0 N–H and O–H groups in total. The van der Waals surface area contributed by atoms with Crippen molar-refractivity contribution < 1.29 is 33.3 Å². The molecule has 0 radical (unpaired) electrons. The SMILES string of the molecule is CCOc1cc(/C=C2\SC(=O)N(Cc3cc4c(cc3Cl)OCO4)C2=O)cc(Br)c1OC(=O)c1ccc(Cl)cc1. The molecule has 200 valence electrons. The number of rotatable bonds is 7. The predicted molar refractivity (Wildman–Crippen MR) is 151 cm³/mol. The fourth-order valence-corrected chi connectivity index (χ4v) is 5.53. The highest BCUT2D eigenvalue weighted by Crippen LogP contribution is 2.41. The zero-order valence-corrected chi connectivity index (χ0v) is 24.1. The molecule has 0 unspecified atom stereocenters. The number of amides is 2. The van der Waals surface area contributed by atoms with Crippen molar-refractivity contribution in [1.29, 1.82) is 0 Å². The van der Waals surface area contributed by atoms with Crippen molar-refractivity contribution in [2.24, 2.45) is 0 Å². The fourth-order valence-electron chi connectivity index (χ4n) is 3.81. The molecule has 5 rings (SSSR count). The minimum Gasteiger partial charge on any atom is -0.490 e. The van der Waals surface area contributed by atoms with Crippen LogP contribution in [0, 0.1) is 0 Å². The van der Waals surface area contributed by atoms with Crippen LogP contribution < -0.4 is 18.9 Å². The summed E-state index contributed by atoms with van der Waals surface area (Å²) in [6.45, 7) is 2.15. The Hall–Kier alpha value is -3.18. The Balaban J connectivity index is 1.38. The van der Waals surface area contributed by atoms with Gasteiger partial charge in [-0.05, 0) is 94.3 Å². The Kier molecular flexibility index (Phi) is 8.08. The van der Waals surface area contributed by atoms with E-state index < -0.39 is 17.1 Å². The van der Waals surface area contributed by atoms with E-state index in [1.807, 2.05) is 0 Å². The number of hydrogen-bond acceptors (Lipinski definition) is 8. The summed E-state index contributed by atoms with van der Waals surface area (Å²) in [6, 6.07) is 12.8. The number of carbonyl (C=O) groups is 3. The summed E-state index contributed by atoms with van der Waals surface area (Å²) < 4.78 is 22.4. The number of esters is 1. The summed E-state index contributed by atoms with van der Waals surface area (Å²) >= 11 is 16.5. The van der Waals surface area contributed by atoms with Gasteiger partial charge >= 0.3 is 5.97 Å². The number of carbonyl (C=O) groups excluding carboxylic acids is 3. The molecule has 3 aromatic rings. The lowest BCUT2D eigenvalue weighted by atomic mass is 10.1. The van der Waals surface area contributed by atoms with Gasteiger partial charge in [-0.15, -0.1) is 0 Å². The summed E-state index contributed by atoms with van der Waals surface area (Å²) in [5.74, 6) is 0.416. The zero-order chi connectivity index (χ0) is 27.7. The Morgan fingerprint density at radius 3 is 2.54 bits per heavy atom. The van der Waals surface area contributed by atoms with Gasteiger partial charge in [0.05, 0.1) is 28.1 Å². The molecule has 1 saturated heterocycles. The second kappa shape index (κ2) is 11.5. The smallest absolute Gasteiger partial charge is 0.343 e. The van der Waals surface area contributed by atoms with Crippen LogP contribution in [0.3, 0.4) is 0 Å². The van der Waals surface area contributed by atoms with E-state index in [1.54, 1.807) is 61.5 Å². The van der Waals surface area contributed by atoms with Crippen LogP contribution in [0.2, 0.25) is 10.0 Å². The first kappa shape index (κ1) is 27.4. The van der Waals surface area contributed by atoms with Crippen LogP contribution in [0.5, 0.6) is 23.0 Å². The van der Waals surface area contributed by atoms with Gasteiger partial charge in [0.25, 0.3) is 11.1 Å². The molecule has 2 aliphatic heterocycles. The monoisotopic (exact) mass is 649 g/mol. The summed E-state index contributed by atoms with van der Waals surface area (Å²) in [7, 11) is 0. The van der Waals surface area contributed by atoms with Crippen LogP contribution in [-0.2, 0) is 11.3 Å². The Labute approximate surface area is 245 Å². The van der Waals surface area contributed by atoms with Crippen molar-refractivity contribution in [3.05, 3.63) is 84.6 Å². The molecule has 2 aliphatic rings. The number of hydrogen-bond donors (Lipinski definition) is 0. The quantitative estimate of drug-likeness (QED) is 0.149. The minimum absolute atomic E-state index is 0.0229. The maximum Gasteiger partial charge on any atom is 0.343 e. The van der Waals surface area contributed by atoms with Crippen LogP contribution in [-0.4, -0.2) is 35.4 Å². The average molecular weight is 651 g/mol. The molecule has 8 nitrogen and oxygen atoms in total. The minimum atomic E-state index is -0.593. The van der Waals surface area contributed by atoms with Gasteiger partial charge in [-0.3, -0.25) is 14.5 Å². The van der Waals surface area contributed by atoms with E-state index in [1.165, 1.54) is 0 Å². The normalized spacial score (nSPS) is 15.3. The molecule has 12 heteroatoms. The van der Waals surface area contributed by atoms with Crippen molar-refractivity contribution in [2.45, 2.75) is 13.5 Å². The van der Waals surface area contributed by atoms with E-state index in [4.69, 9.17) is 42.1 Å². The first-order chi connectivity index (χ1) is 18.7. The first-order valence-electron chi connectivity index (χ1n) is 11.5. The van der Waals surface area contributed by atoms with E-state index >= 15 is 0 Å². The van der Waals surface area contributed by atoms with E-state index in [-0.39, 0.29) is 29.7 Å². The number of fused-ring (bicyclic) bond motifs is 1. The van der Waals surface area contributed by atoms with Crippen molar-refractivity contribution in [3.8, 4) is 23.0 Å². The topological polar surface area (TPSA) is 91.4 Å². The van der Waals surface area contributed by atoms with Crippen molar-refractivity contribution >= 4 is 74.1 Å². The van der Waals surface area contributed by atoms with Crippen molar-refractivity contribution in [1.82, 2.24) is 4.90 Å². The molecule has 39 heavy (non-hydrogen) atoms. The zero-order valence-electron chi connectivity index (χ0n) is 20.2. The number of thioether (sulfide) groups is 1. The first-order valence-corrected chi connectivity index (χ1v) is 13.9. The maximum atomic E-state index is 13.2. The van der Waals surface area contributed by atoms with Crippen LogP contribution in [0.15, 0.2) is 57.9 Å². The molecule has 0 atom stereocenters. The highest BCUT2D eigenvalue weighted by Gasteiger charge is 2.36. The van der Waals surface area contributed by atoms with E-state index in [0.717, 1.165) is 16.7 Å². The Morgan fingerprint density at radius 2 is 1.82 bits per heavy atom. The lowest BCUT2D eigenvalue weighted by Crippen LogP contribution is -2.27. The molecule has 2 amide bonds. The summed E-state index contributed by atoms with van der Waals surface area (Å²) in [5, 5.41) is 0.421. The standard InChI is InChI=1S/C27H18BrCl2NO7S/c1-2-35-22-8-14(7-18(28)24(22)38-26(33)15-3-5-17(29)6-4-15)9-23-25(32)31(27(34)39-23)12-16-10-20-21(11-19(16)30)37-13-36-20/h3-11H,2,12-13H2,1H3/b23-9-. The van der Waals surface area contributed by atoms with Gasteiger partial charge in [-0.25, -0.2) is 4.79 Å². The third kappa shape index (κ3) is 5.89. The maximum absolute atomic E-state index is 13.2. The van der Waals surface area contributed by atoms with Crippen molar-refractivity contribution in [3.63, 3.8) is 0 Å². The largest absolute Gasteiger partial charge is 0.490 e. The molecule has 0 saturated carbocycles. The molecular formula is C27H18BrCl2NO7S. The van der Waals surface area contributed by atoms with Gasteiger partial charge in [0.2, 0.25) is 6.79 Å². The van der Waals surface area contributed by atoms with Crippen molar-refractivity contribution in [2.75, 3.05) is 13.4 Å². The van der Waals surface area contributed by atoms with Crippen LogP contribution >= 0.6 is 50.9 Å². The molecule has 3 aromatic carbocycles.